The number of hydrogen-bond donors (Lipinski definition) is 1. The van der Waals surface area contributed by atoms with E-state index in [-0.39, 0.29) is 0 Å². The Morgan fingerprint density at radius 3 is 2.43 bits per heavy atom. The molecule has 0 atom stereocenters. The van der Waals surface area contributed by atoms with E-state index in [9.17, 15) is 0 Å². The maximum Gasteiger partial charge on any atom is 0.224 e. The van der Waals surface area contributed by atoms with E-state index >= 15 is 0 Å². The number of aryl methyl sites for hydroxylation is 1. The predicted molar refractivity (Wildman–Crippen MR) is 58.3 cm³/mol. The van der Waals surface area contributed by atoms with Crippen LogP contribution in [0.2, 0.25) is 0 Å². The molecule has 0 aliphatic heterocycles. The van der Waals surface area contributed by atoms with Crippen molar-refractivity contribution in [2.24, 2.45) is 12.5 Å². The van der Waals surface area contributed by atoms with E-state index in [0.29, 0.717) is 5.41 Å². The van der Waals surface area contributed by atoms with Crippen molar-refractivity contribution in [3.63, 3.8) is 0 Å². The van der Waals surface area contributed by atoms with Gasteiger partial charge in [-0.25, -0.2) is 0 Å². The first-order valence-corrected chi connectivity index (χ1v) is 5.06. The summed E-state index contributed by atoms with van der Waals surface area (Å²) < 4.78 is 1.96. The zero-order valence-corrected chi connectivity index (χ0v) is 9.76. The van der Waals surface area contributed by atoms with E-state index in [4.69, 9.17) is 0 Å². The van der Waals surface area contributed by atoms with Crippen LogP contribution < -0.4 is 5.32 Å². The van der Waals surface area contributed by atoms with Gasteiger partial charge in [0.2, 0.25) is 5.95 Å². The van der Waals surface area contributed by atoms with Gasteiger partial charge in [-0.3, -0.25) is 0 Å². The highest BCUT2D eigenvalue weighted by Crippen LogP contribution is 2.19. The fraction of sp³-hybridized carbons (Fsp3) is 0.800. The molecule has 0 saturated heterocycles. The van der Waals surface area contributed by atoms with E-state index < -0.39 is 0 Å². The fourth-order valence-electron chi connectivity index (χ4n) is 1.00. The number of nitrogens with zero attached hydrogens (tertiary/aromatic N) is 3. The third-order valence-electron chi connectivity index (χ3n) is 2.77. The molecule has 0 amide bonds. The molecule has 4 nitrogen and oxygen atoms in total. The molecule has 0 spiro atoms. The van der Waals surface area contributed by atoms with Crippen molar-refractivity contribution in [1.82, 2.24) is 14.8 Å². The second kappa shape index (κ2) is 3.98. The van der Waals surface area contributed by atoms with Crippen LogP contribution in [-0.4, -0.2) is 21.3 Å². The molecule has 1 rings (SSSR count). The maximum atomic E-state index is 4.05. The SMILES string of the molecule is CCC(C)(C)CNc1nnc(C)n1C. The van der Waals surface area contributed by atoms with Crippen LogP contribution in [0.3, 0.4) is 0 Å². The van der Waals surface area contributed by atoms with Gasteiger partial charge in [0.05, 0.1) is 0 Å². The van der Waals surface area contributed by atoms with Gasteiger partial charge < -0.3 is 9.88 Å². The number of nitrogens with one attached hydrogen (secondary N) is 1. The van der Waals surface area contributed by atoms with E-state index in [1.165, 1.54) is 0 Å². The predicted octanol–water partition coefficient (Wildman–Crippen LogP) is 1.97. The molecule has 0 fully saturated rings. The fourth-order valence-corrected chi connectivity index (χ4v) is 1.00. The summed E-state index contributed by atoms with van der Waals surface area (Å²) in [5.41, 5.74) is 0.305. The average Bonchev–Trinajstić information content (AvgIpc) is 2.45. The van der Waals surface area contributed by atoms with Crippen LogP contribution in [0, 0.1) is 12.3 Å². The Labute approximate surface area is 85.7 Å². The molecule has 0 aliphatic rings. The van der Waals surface area contributed by atoms with Crippen LogP contribution >= 0.6 is 0 Å². The first kappa shape index (κ1) is 11.0. The Balaban J connectivity index is 2.58. The van der Waals surface area contributed by atoms with Crippen molar-refractivity contribution in [2.75, 3.05) is 11.9 Å². The molecule has 0 aliphatic carbocycles. The number of rotatable bonds is 4. The lowest BCUT2D eigenvalue weighted by atomic mass is 9.90. The molecule has 1 aromatic heterocycles. The summed E-state index contributed by atoms with van der Waals surface area (Å²) in [5, 5.41) is 11.4. The lowest BCUT2D eigenvalue weighted by Crippen LogP contribution is -2.23. The second-order valence-electron chi connectivity index (χ2n) is 4.50. The van der Waals surface area contributed by atoms with Crippen molar-refractivity contribution >= 4 is 5.95 Å². The molecule has 0 unspecified atom stereocenters. The normalized spacial score (nSPS) is 11.8. The summed E-state index contributed by atoms with van der Waals surface area (Å²) in [6.07, 6.45) is 1.15. The highest BCUT2D eigenvalue weighted by molar-refractivity contribution is 5.25. The van der Waals surface area contributed by atoms with Gasteiger partial charge in [0, 0.05) is 13.6 Å². The Morgan fingerprint density at radius 2 is 2.00 bits per heavy atom. The van der Waals surface area contributed by atoms with Crippen molar-refractivity contribution < 1.29 is 0 Å². The molecule has 0 bridgehead atoms. The Hall–Kier alpha value is -1.06. The molecular weight excluding hydrogens is 176 g/mol. The van der Waals surface area contributed by atoms with Gasteiger partial charge in [-0.2, -0.15) is 0 Å². The summed E-state index contributed by atoms with van der Waals surface area (Å²) >= 11 is 0. The van der Waals surface area contributed by atoms with E-state index in [1.807, 2.05) is 18.5 Å². The first-order chi connectivity index (χ1) is 6.46. The number of aromatic nitrogens is 3. The van der Waals surface area contributed by atoms with Crippen molar-refractivity contribution in [1.29, 1.82) is 0 Å². The zero-order valence-electron chi connectivity index (χ0n) is 9.76. The molecule has 1 aromatic rings. The summed E-state index contributed by atoms with van der Waals surface area (Å²) in [7, 11) is 1.97. The van der Waals surface area contributed by atoms with Crippen molar-refractivity contribution in [2.45, 2.75) is 34.1 Å². The molecule has 80 valence electrons. The largest absolute Gasteiger partial charge is 0.354 e. The molecule has 0 saturated carbocycles. The Morgan fingerprint density at radius 1 is 1.36 bits per heavy atom. The third kappa shape index (κ3) is 2.47. The average molecular weight is 196 g/mol. The third-order valence-corrected chi connectivity index (χ3v) is 2.77. The quantitative estimate of drug-likeness (QED) is 0.800. The Bertz CT molecular complexity index is 301. The van der Waals surface area contributed by atoms with E-state index in [0.717, 1.165) is 24.7 Å². The monoisotopic (exact) mass is 196 g/mol. The minimum absolute atomic E-state index is 0.305. The Kier molecular flexibility index (Phi) is 3.13. The smallest absolute Gasteiger partial charge is 0.224 e. The highest BCUT2D eigenvalue weighted by atomic mass is 15.3. The lowest BCUT2D eigenvalue weighted by molar-refractivity contribution is 0.375. The van der Waals surface area contributed by atoms with Gasteiger partial charge in [0.25, 0.3) is 0 Å². The number of hydrogen-bond acceptors (Lipinski definition) is 3. The van der Waals surface area contributed by atoms with Gasteiger partial charge >= 0.3 is 0 Å². The standard InChI is InChI=1S/C10H20N4/c1-6-10(3,4)7-11-9-13-12-8(2)14(9)5/h6-7H2,1-5H3,(H,11,13). The molecule has 1 N–H and O–H groups in total. The van der Waals surface area contributed by atoms with Crippen LogP contribution in [0.4, 0.5) is 5.95 Å². The van der Waals surface area contributed by atoms with Crippen LogP contribution in [0.5, 0.6) is 0 Å². The van der Waals surface area contributed by atoms with Crippen LogP contribution in [0.25, 0.3) is 0 Å². The minimum atomic E-state index is 0.305. The number of anilines is 1. The molecule has 0 radical (unpaired) electrons. The second-order valence-corrected chi connectivity index (χ2v) is 4.50. The van der Waals surface area contributed by atoms with Crippen molar-refractivity contribution in [3.8, 4) is 0 Å². The minimum Gasteiger partial charge on any atom is -0.354 e. The summed E-state index contributed by atoms with van der Waals surface area (Å²) in [4.78, 5) is 0. The molecule has 4 heteroatoms. The lowest BCUT2D eigenvalue weighted by Gasteiger charge is -2.22. The van der Waals surface area contributed by atoms with E-state index in [2.05, 4.69) is 36.3 Å². The van der Waals surface area contributed by atoms with Crippen LogP contribution in [0.1, 0.15) is 33.0 Å². The molecule has 1 heterocycles. The van der Waals surface area contributed by atoms with Gasteiger partial charge in [-0.05, 0) is 18.8 Å². The van der Waals surface area contributed by atoms with Gasteiger partial charge in [0.1, 0.15) is 5.82 Å². The van der Waals surface area contributed by atoms with Gasteiger partial charge in [-0.1, -0.05) is 20.8 Å². The maximum absolute atomic E-state index is 4.05. The summed E-state index contributed by atoms with van der Waals surface area (Å²) in [5.74, 6) is 1.78. The van der Waals surface area contributed by atoms with Gasteiger partial charge in [-0.15, -0.1) is 10.2 Å². The topological polar surface area (TPSA) is 42.7 Å². The zero-order chi connectivity index (χ0) is 10.8. The summed E-state index contributed by atoms with van der Waals surface area (Å²) in [6.45, 7) is 9.55. The van der Waals surface area contributed by atoms with Gasteiger partial charge in [0.15, 0.2) is 0 Å². The first-order valence-electron chi connectivity index (χ1n) is 5.06. The van der Waals surface area contributed by atoms with Crippen molar-refractivity contribution in [3.05, 3.63) is 5.82 Å². The molecule has 14 heavy (non-hydrogen) atoms. The molecular formula is C10H20N4. The molecule has 0 aromatic carbocycles. The highest BCUT2D eigenvalue weighted by Gasteiger charge is 2.15. The van der Waals surface area contributed by atoms with E-state index in [1.54, 1.807) is 0 Å². The van der Waals surface area contributed by atoms with Crippen LogP contribution in [0.15, 0.2) is 0 Å². The summed E-state index contributed by atoms with van der Waals surface area (Å²) in [6, 6.07) is 0. The van der Waals surface area contributed by atoms with Crippen LogP contribution in [-0.2, 0) is 7.05 Å².